The summed E-state index contributed by atoms with van der Waals surface area (Å²) in [7, 11) is 1.69. The van der Waals surface area contributed by atoms with Crippen LogP contribution >= 0.6 is 24.0 Å². The van der Waals surface area contributed by atoms with Crippen molar-refractivity contribution < 1.29 is 9.47 Å². The van der Waals surface area contributed by atoms with Crippen molar-refractivity contribution in [3.63, 3.8) is 0 Å². The molecule has 1 saturated heterocycles. The van der Waals surface area contributed by atoms with Gasteiger partial charge in [0.15, 0.2) is 5.96 Å². The van der Waals surface area contributed by atoms with E-state index < -0.39 is 0 Å². The Morgan fingerprint density at radius 1 is 1.38 bits per heavy atom. The third-order valence-electron chi connectivity index (χ3n) is 4.06. The number of rotatable bonds is 7. The molecule has 1 aliphatic rings. The van der Waals surface area contributed by atoms with Gasteiger partial charge in [0.1, 0.15) is 5.75 Å². The Balaban J connectivity index is 0.00000288. The van der Waals surface area contributed by atoms with Crippen molar-refractivity contribution in [2.75, 3.05) is 33.4 Å². The topological polar surface area (TPSA) is 54.9 Å². The number of ether oxygens (including phenoxy) is 2. The second kappa shape index (κ2) is 10.8. The molecule has 24 heavy (non-hydrogen) atoms. The van der Waals surface area contributed by atoms with E-state index in [1.54, 1.807) is 7.11 Å². The summed E-state index contributed by atoms with van der Waals surface area (Å²) in [5.74, 6) is 1.75. The molecule has 1 aromatic rings. The molecule has 1 atom stereocenters. The highest BCUT2D eigenvalue weighted by atomic mass is 127. The van der Waals surface area contributed by atoms with Gasteiger partial charge in [-0.05, 0) is 50.8 Å². The van der Waals surface area contributed by atoms with Gasteiger partial charge in [-0.25, -0.2) is 0 Å². The van der Waals surface area contributed by atoms with Gasteiger partial charge in [-0.3, -0.25) is 4.99 Å². The average molecular weight is 447 g/mol. The molecule has 0 aromatic heterocycles. The van der Waals surface area contributed by atoms with Crippen molar-refractivity contribution in [2.45, 2.75) is 38.7 Å². The maximum Gasteiger partial charge on any atom is 0.191 e. The van der Waals surface area contributed by atoms with E-state index in [1.165, 1.54) is 5.56 Å². The van der Waals surface area contributed by atoms with Crippen LogP contribution in [0, 0.1) is 0 Å². The Labute approximate surface area is 162 Å². The molecule has 0 aliphatic carbocycles. The van der Waals surface area contributed by atoms with Gasteiger partial charge in [0.05, 0.1) is 19.3 Å². The number of aliphatic imine (C=N–C) groups is 1. The Morgan fingerprint density at radius 2 is 2.21 bits per heavy atom. The van der Waals surface area contributed by atoms with E-state index in [0.29, 0.717) is 6.54 Å². The van der Waals surface area contributed by atoms with Crippen LogP contribution in [-0.4, -0.2) is 44.9 Å². The molecule has 1 fully saturated rings. The van der Waals surface area contributed by atoms with Crippen LogP contribution in [0.15, 0.2) is 29.3 Å². The molecule has 1 unspecified atom stereocenters. The van der Waals surface area contributed by atoms with E-state index in [9.17, 15) is 0 Å². The summed E-state index contributed by atoms with van der Waals surface area (Å²) < 4.78 is 11.0. The van der Waals surface area contributed by atoms with Crippen molar-refractivity contribution >= 4 is 29.9 Å². The van der Waals surface area contributed by atoms with Gasteiger partial charge in [-0.2, -0.15) is 0 Å². The zero-order valence-corrected chi connectivity index (χ0v) is 17.3. The molecule has 1 heterocycles. The fourth-order valence-electron chi connectivity index (χ4n) is 2.70. The largest absolute Gasteiger partial charge is 0.497 e. The lowest BCUT2D eigenvalue weighted by Crippen LogP contribution is -2.40. The number of nitrogens with zero attached hydrogens (tertiary/aromatic N) is 1. The van der Waals surface area contributed by atoms with E-state index in [-0.39, 0.29) is 29.6 Å². The number of nitrogens with one attached hydrogen (secondary N) is 2. The molecule has 0 spiro atoms. The summed E-state index contributed by atoms with van der Waals surface area (Å²) in [6.45, 7) is 7.45. The molecule has 0 amide bonds. The number of halogens is 1. The first-order chi connectivity index (χ1) is 11.1. The second-order valence-electron chi connectivity index (χ2n) is 6.13. The van der Waals surface area contributed by atoms with Crippen LogP contribution in [-0.2, 0) is 11.2 Å². The average Bonchev–Trinajstić information content (AvgIpc) is 3.00. The van der Waals surface area contributed by atoms with Gasteiger partial charge >= 0.3 is 0 Å². The van der Waals surface area contributed by atoms with Crippen LogP contribution in [0.2, 0.25) is 0 Å². The summed E-state index contributed by atoms with van der Waals surface area (Å²) in [4.78, 5) is 4.68. The minimum Gasteiger partial charge on any atom is -0.497 e. The lowest BCUT2D eigenvalue weighted by Gasteiger charge is -2.21. The Kier molecular flexibility index (Phi) is 9.43. The number of methoxy groups -OCH3 is 1. The van der Waals surface area contributed by atoms with Gasteiger partial charge in [0.2, 0.25) is 0 Å². The van der Waals surface area contributed by atoms with Crippen molar-refractivity contribution in [3.8, 4) is 5.75 Å². The van der Waals surface area contributed by atoms with Gasteiger partial charge < -0.3 is 20.1 Å². The number of guanidine groups is 1. The fraction of sp³-hybridized carbons (Fsp3) is 0.611. The van der Waals surface area contributed by atoms with E-state index in [1.807, 2.05) is 12.1 Å². The number of hydrogen-bond donors (Lipinski definition) is 2. The molecule has 136 valence electrons. The first kappa shape index (κ1) is 21.0. The SMILES string of the molecule is CCNC(=NCC1(C)CCCO1)NCCc1cccc(OC)c1.I. The van der Waals surface area contributed by atoms with Crippen LogP contribution in [0.3, 0.4) is 0 Å². The monoisotopic (exact) mass is 447 g/mol. The van der Waals surface area contributed by atoms with E-state index >= 15 is 0 Å². The van der Waals surface area contributed by atoms with E-state index in [2.05, 4.69) is 41.6 Å². The van der Waals surface area contributed by atoms with Crippen molar-refractivity contribution in [1.29, 1.82) is 0 Å². The van der Waals surface area contributed by atoms with E-state index in [0.717, 1.165) is 50.7 Å². The third kappa shape index (κ3) is 6.84. The molecular weight excluding hydrogens is 417 g/mol. The minimum absolute atomic E-state index is 0. The Bertz CT molecular complexity index is 517. The number of benzene rings is 1. The third-order valence-corrected chi connectivity index (χ3v) is 4.06. The highest BCUT2D eigenvalue weighted by Gasteiger charge is 2.29. The number of hydrogen-bond acceptors (Lipinski definition) is 3. The highest BCUT2D eigenvalue weighted by molar-refractivity contribution is 14.0. The Hall–Kier alpha value is -1.02. The van der Waals surface area contributed by atoms with Gasteiger partial charge in [0, 0.05) is 19.7 Å². The predicted molar refractivity (Wildman–Crippen MR) is 110 cm³/mol. The summed E-state index contributed by atoms with van der Waals surface area (Å²) in [5.41, 5.74) is 1.15. The lowest BCUT2D eigenvalue weighted by molar-refractivity contribution is 0.0283. The predicted octanol–water partition coefficient (Wildman–Crippen LogP) is 2.98. The lowest BCUT2D eigenvalue weighted by atomic mass is 10.0. The molecule has 0 bridgehead atoms. The zero-order chi connectivity index (χ0) is 16.5. The van der Waals surface area contributed by atoms with E-state index in [4.69, 9.17) is 9.47 Å². The Morgan fingerprint density at radius 3 is 2.88 bits per heavy atom. The molecule has 0 radical (unpaired) electrons. The molecule has 1 aromatic carbocycles. The quantitative estimate of drug-likeness (QED) is 0.384. The molecule has 0 saturated carbocycles. The summed E-state index contributed by atoms with van der Waals surface area (Å²) in [6, 6.07) is 8.16. The molecule has 2 N–H and O–H groups in total. The summed E-state index contributed by atoms with van der Waals surface area (Å²) in [5, 5.41) is 6.68. The normalized spacial score (nSPS) is 20.4. The second-order valence-corrected chi connectivity index (χ2v) is 6.13. The van der Waals surface area contributed by atoms with Crippen LogP contribution < -0.4 is 15.4 Å². The fourth-order valence-corrected chi connectivity index (χ4v) is 2.70. The van der Waals surface area contributed by atoms with Gasteiger partial charge in [0.25, 0.3) is 0 Å². The van der Waals surface area contributed by atoms with Crippen molar-refractivity contribution in [3.05, 3.63) is 29.8 Å². The van der Waals surface area contributed by atoms with Crippen LogP contribution in [0.1, 0.15) is 32.3 Å². The van der Waals surface area contributed by atoms with Crippen LogP contribution in [0.4, 0.5) is 0 Å². The molecule has 1 aliphatic heterocycles. The first-order valence-electron chi connectivity index (χ1n) is 8.44. The molecule has 6 heteroatoms. The molecule has 5 nitrogen and oxygen atoms in total. The maximum absolute atomic E-state index is 5.79. The van der Waals surface area contributed by atoms with Gasteiger partial charge in [-0.15, -0.1) is 24.0 Å². The smallest absolute Gasteiger partial charge is 0.191 e. The van der Waals surface area contributed by atoms with Crippen molar-refractivity contribution in [1.82, 2.24) is 10.6 Å². The van der Waals surface area contributed by atoms with Gasteiger partial charge in [-0.1, -0.05) is 12.1 Å². The van der Waals surface area contributed by atoms with Crippen LogP contribution in [0.5, 0.6) is 5.75 Å². The zero-order valence-electron chi connectivity index (χ0n) is 14.9. The molecular formula is C18H30IN3O2. The standard InChI is InChI=1S/C18H29N3O2.HI/c1-4-19-17(21-14-18(2)10-6-12-23-18)20-11-9-15-7-5-8-16(13-15)22-3;/h5,7-8,13H,4,6,9-12,14H2,1-3H3,(H2,19,20,21);1H. The summed E-state index contributed by atoms with van der Waals surface area (Å²) in [6.07, 6.45) is 3.14. The maximum atomic E-state index is 5.79. The minimum atomic E-state index is -0.102. The van der Waals surface area contributed by atoms with Crippen LogP contribution in [0.25, 0.3) is 0 Å². The van der Waals surface area contributed by atoms with Crippen molar-refractivity contribution in [2.24, 2.45) is 4.99 Å². The first-order valence-corrected chi connectivity index (χ1v) is 8.44. The highest BCUT2D eigenvalue weighted by Crippen LogP contribution is 2.24. The molecule has 2 rings (SSSR count). The summed E-state index contributed by atoms with van der Waals surface area (Å²) >= 11 is 0.